The second-order valence-electron chi connectivity index (χ2n) is 7.11. The Morgan fingerprint density at radius 2 is 2.00 bits per heavy atom. The van der Waals surface area contributed by atoms with Crippen molar-refractivity contribution >= 4 is 17.2 Å². The van der Waals surface area contributed by atoms with Gasteiger partial charge in [0.2, 0.25) is 23.5 Å². The summed E-state index contributed by atoms with van der Waals surface area (Å²) in [5.41, 5.74) is 0.881. The van der Waals surface area contributed by atoms with Gasteiger partial charge < -0.3 is 19.3 Å². The third-order valence-electron chi connectivity index (χ3n) is 4.65. The molecule has 0 unspecified atom stereocenters. The second kappa shape index (κ2) is 11.2. The minimum absolute atomic E-state index is 0.0426. The molecule has 1 N–H and O–H groups in total. The van der Waals surface area contributed by atoms with Gasteiger partial charge in [0.25, 0.3) is 0 Å². The molecule has 0 aliphatic carbocycles. The van der Waals surface area contributed by atoms with E-state index in [1.54, 1.807) is 23.6 Å². The highest BCUT2D eigenvalue weighted by molar-refractivity contribution is 7.13. The Balaban J connectivity index is 1.20. The highest BCUT2D eigenvalue weighted by atomic mass is 32.1. The van der Waals surface area contributed by atoms with E-state index in [1.165, 1.54) is 0 Å². The molecule has 33 heavy (non-hydrogen) atoms. The number of aromatic nitrogens is 3. The third kappa shape index (κ3) is 6.39. The SMILES string of the molecule is CCOc1ccccc1Oc1ccc(CNC(=O)CCCc2nc(-c3cccs3)no2)cn1. The Morgan fingerprint density at radius 3 is 2.76 bits per heavy atom. The van der Waals surface area contributed by atoms with E-state index in [9.17, 15) is 4.79 Å². The van der Waals surface area contributed by atoms with Crippen molar-refractivity contribution in [3.63, 3.8) is 0 Å². The molecule has 3 aromatic heterocycles. The van der Waals surface area contributed by atoms with Gasteiger partial charge in [-0.05, 0) is 42.5 Å². The molecule has 4 rings (SSSR count). The zero-order valence-corrected chi connectivity index (χ0v) is 19.0. The summed E-state index contributed by atoms with van der Waals surface area (Å²) >= 11 is 1.56. The standard InChI is InChI=1S/C24H24N4O4S/c1-2-30-18-7-3-4-8-19(18)31-22-13-12-17(16-26-22)15-25-21(29)10-5-11-23-27-24(28-32-23)20-9-6-14-33-20/h3-4,6-9,12-14,16H,2,5,10-11,15H2,1H3,(H,25,29). The number of nitrogens with zero attached hydrogens (tertiary/aromatic N) is 3. The number of amides is 1. The molecule has 0 spiro atoms. The molecule has 0 atom stereocenters. The van der Waals surface area contributed by atoms with Crippen molar-refractivity contribution in [2.45, 2.75) is 32.7 Å². The quantitative estimate of drug-likeness (QED) is 0.333. The van der Waals surface area contributed by atoms with E-state index < -0.39 is 0 Å². The lowest BCUT2D eigenvalue weighted by atomic mass is 10.2. The van der Waals surface area contributed by atoms with Crippen molar-refractivity contribution in [3.8, 4) is 28.1 Å². The number of hydrogen-bond acceptors (Lipinski definition) is 8. The third-order valence-corrected chi connectivity index (χ3v) is 5.52. The van der Waals surface area contributed by atoms with Crippen LogP contribution < -0.4 is 14.8 Å². The van der Waals surface area contributed by atoms with Gasteiger partial charge in [-0.15, -0.1) is 11.3 Å². The largest absolute Gasteiger partial charge is 0.490 e. The van der Waals surface area contributed by atoms with Crippen LogP contribution in [0.15, 0.2) is 64.6 Å². The van der Waals surface area contributed by atoms with Crippen LogP contribution in [-0.2, 0) is 17.8 Å². The van der Waals surface area contributed by atoms with Crippen molar-refractivity contribution in [3.05, 3.63) is 71.6 Å². The number of para-hydroxylation sites is 2. The molecule has 1 aromatic carbocycles. The maximum absolute atomic E-state index is 12.2. The van der Waals surface area contributed by atoms with Crippen LogP contribution in [0.1, 0.15) is 31.2 Å². The monoisotopic (exact) mass is 464 g/mol. The summed E-state index contributed by atoms with van der Waals surface area (Å²) in [4.78, 5) is 21.8. The molecule has 0 fully saturated rings. The number of nitrogens with one attached hydrogen (secondary N) is 1. The van der Waals surface area contributed by atoms with Gasteiger partial charge in [0, 0.05) is 31.6 Å². The Kier molecular flexibility index (Phi) is 7.65. The Bertz CT molecular complexity index is 1160. The molecule has 4 aromatic rings. The zero-order chi connectivity index (χ0) is 22.9. The number of aryl methyl sites for hydroxylation is 1. The number of benzene rings is 1. The van der Waals surface area contributed by atoms with Crippen molar-refractivity contribution in [1.29, 1.82) is 0 Å². The summed E-state index contributed by atoms with van der Waals surface area (Å²) < 4.78 is 16.6. The maximum atomic E-state index is 12.2. The van der Waals surface area contributed by atoms with Crippen LogP contribution in [-0.4, -0.2) is 27.6 Å². The summed E-state index contributed by atoms with van der Waals surface area (Å²) in [6.07, 6.45) is 3.24. The average molecular weight is 465 g/mol. The molecule has 0 saturated carbocycles. The van der Waals surface area contributed by atoms with Crippen LogP contribution in [0.2, 0.25) is 0 Å². The van der Waals surface area contributed by atoms with E-state index >= 15 is 0 Å². The van der Waals surface area contributed by atoms with Crippen LogP contribution in [0.25, 0.3) is 10.7 Å². The van der Waals surface area contributed by atoms with E-state index in [0.717, 1.165) is 10.4 Å². The van der Waals surface area contributed by atoms with Crippen molar-refractivity contribution < 1.29 is 18.8 Å². The van der Waals surface area contributed by atoms with Gasteiger partial charge in [0.05, 0.1) is 11.5 Å². The summed E-state index contributed by atoms with van der Waals surface area (Å²) in [5.74, 6) is 2.82. The molecule has 1 amide bonds. The van der Waals surface area contributed by atoms with Gasteiger partial charge in [0.1, 0.15) is 0 Å². The lowest BCUT2D eigenvalue weighted by Gasteiger charge is -2.11. The summed E-state index contributed by atoms with van der Waals surface area (Å²) in [5, 5.41) is 8.85. The Labute approximate surface area is 195 Å². The van der Waals surface area contributed by atoms with Gasteiger partial charge in [-0.3, -0.25) is 4.79 Å². The van der Waals surface area contributed by atoms with Crippen molar-refractivity contribution in [2.75, 3.05) is 6.61 Å². The molecule has 0 aliphatic heterocycles. The number of rotatable bonds is 11. The maximum Gasteiger partial charge on any atom is 0.226 e. The first-order chi connectivity index (χ1) is 16.2. The van der Waals surface area contributed by atoms with Gasteiger partial charge in [-0.2, -0.15) is 4.98 Å². The minimum atomic E-state index is -0.0426. The Hall–Kier alpha value is -3.72. The topological polar surface area (TPSA) is 99.4 Å². The molecule has 170 valence electrons. The van der Waals surface area contributed by atoms with Crippen LogP contribution >= 0.6 is 11.3 Å². The molecule has 8 nitrogen and oxygen atoms in total. The van der Waals surface area contributed by atoms with Crippen LogP contribution in [0.3, 0.4) is 0 Å². The highest BCUT2D eigenvalue weighted by Gasteiger charge is 2.11. The van der Waals surface area contributed by atoms with Gasteiger partial charge in [-0.25, -0.2) is 4.98 Å². The van der Waals surface area contributed by atoms with E-state index in [0.29, 0.717) is 61.5 Å². The molecular formula is C24H24N4O4S. The molecular weight excluding hydrogens is 440 g/mol. The fourth-order valence-corrected chi connectivity index (χ4v) is 3.70. The predicted molar refractivity (Wildman–Crippen MR) is 124 cm³/mol. The summed E-state index contributed by atoms with van der Waals surface area (Å²) in [7, 11) is 0. The fourth-order valence-electron chi connectivity index (χ4n) is 3.05. The van der Waals surface area contributed by atoms with Crippen LogP contribution in [0.5, 0.6) is 17.4 Å². The van der Waals surface area contributed by atoms with Crippen LogP contribution in [0, 0.1) is 0 Å². The van der Waals surface area contributed by atoms with Gasteiger partial charge in [-0.1, -0.05) is 29.4 Å². The number of carbonyl (C=O) groups excluding carboxylic acids is 1. The van der Waals surface area contributed by atoms with E-state index in [-0.39, 0.29) is 5.91 Å². The van der Waals surface area contributed by atoms with Crippen molar-refractivity contribution in [1.82, 2.24) is 20.4 Å². The second-order valence-corrected chi connectivity index (χ2v) is 8.05. The smallest absolute Gasteiger partial charge is 0.226 e. The zero-order valence-electron chi connectivity index (χ0n) is 18.2. The highest BCUT2D eigenvalue weighted by Crippen LogP contribution is 2.30. The van der Waals surface area contributed by atoms with Gasteiger partial charge in [0.15, 0.2) is 11.5 Å². The summed E-state index contributed by atoms with van der Waals surface area (Å²) in [6, 6.07) is 15.0. The number of hydrogen-bond donors (Lipinski definition) is 1. The first kappa shape index (κ1) is 22.5. The van der Waals surface area contributed by atoms with E-state index in [1.807, 2.05) is 54.8 Å². The molecule has 0 saturated heterocycles. The molecule has 9 heteroatoms. The minimum Gasteiger partial charge on any atom is -0.490 e. The molecule has 0 radical (unpaired) electrons. The summed E-state index contributed by atoms with van der Waals surface area (Å²) in [6.45, 7) is 2.87. The fraction of sp³-hybridized carbons (Fsp3) is 0.250. The lowest BCUT2D eigenvalue weighted by molar-refractivity contribution is -0.121. The number of thiophene rings is 1. The predicted octanol–water partition coefficient (Wildman–Crippen LogP) is 5.02. The lowest BCUT2D eigenvalue weighted by Crippen LogP contribution is -2.22. The van der Waals surface area contributed by atoms with Gasteiger partial charge >= 0.3 is 0 Å². The molecule has 0 aliphatic rings. The first-order valence-corrected chi connectivity index (χ1v) is 11.6. The van der Waals surface area contributed by atoms with Crippen molar-refractivity contribution in [2.24, 2.45) is 0 Å². The van der Waals surface area contributed by atoms with Crippen LogP contribution in [0.4, 0.5) is 0 Å². The number of ether oxygens (including phenoxy) is 2. The van der Waals surface area contributed by atoms with E-state index in [2.05, 4.69) is 20.4 Å². The molecule has 3 heterocycles. The first-order valence-electron chi connectivity index (χ1n) is 10.7. The van der Waals surface area contributed by atoms with E-state index in [4.69, 9.17) is 14.0 Å². The Morgan fingerprint density at radius 1 is 1.12 bits per heavy atom. The average Bonchev–Trinajstić information content (AvgIpc) is 3.52. The number of pyridine rings is 1. The normalized spacial score (nSPS) is 10.7. The molecule has 0 bridgehead atoms. The number of carbonyl (C=O) groups is 1.